The molecule has 11 nitrogen and oxygen atoms in total. The minimum atomic E-state index is -0.472. The molecule has 0 radical (unpaired) electrons. The van der Waals surface area contributed by atoms with Gasteiger partial charge in [-0.05, 0) is 6.07 Å². The van der Waals surface area contributed by atoms with Gasteiger partial charge in [0, 0.05) is 18.6 Å². The van der Waals surface area contributed by atoms with Crippen molar-refractivity contribution in [3.63, 3.8) is 0 Å². The number of nitrogens with zero attached hydrogens (tertiary/aromatic N) is 8. The van der Waals surface area contributed by atoms with Crippen molar-refractivity contribution in [1.29, 1.82) is 0 Å². The quantitative estimate of drug-likeness (QED) is 0.428. The van der Waals surface area contributed by atoms with Gasteiger partial charge in [-0.3, -0.25) is 4.90 Å². The van der Waals surface area contributed by atoms with Crippen molar-refractivity contribution < 1.29 is 9.53 Å². The van der Waals surface area contributed by atoms with Gasteiger partial charge in [0.15, 0.2) is 16.6 Å². The van der Waals surface area contributed by atoms with Crippen LogP contribution in [0.1, 0.15) is 33.4 Å². The zero-order chi connectivity index (χ0) is 25.3. The Bertz CT molecular complexity index is 1350. The molecule has 1 unspecified atom stereocenters. The van der Waals surface area contributed by atoms with Gasteiger partial charge < -0.3 is 10.1 Å². The number of pyridine rings is 1. The molecule has 5 rings (SSSR count). The van der Waals surface area contributed by atoms with Crippen LogP contribution < -0.4 is 10.2 Å². The average Bonchev–Trinajstić information content (AvgIpc) is 3.49. The molecular weight excluding hydrogens is 493 g/mol. The molecule has 4 aromatic heterocycles. The highest BCUT2D eigenvalue weighted by molar-refractivity contribution is 6.32. The second-order valence-electron chi connectivity index (χ2n) is 8.06. The molecule has 1 N–H and O–H groups in total. The summed E-state index contributed by atoms with van der Waals surface area (Å²) >= 11 is 12.5. The molecule has 0 aliphatic carbocycles. The van der Waals surface area contributed by atoms with Gasteiger partial charge in [0.1, 0.15) is 0 Å². The lowest BCUT2D eigenvalue weighted by molar-refractivity contribution is 0.0450. The molecule has 35 heavy (non-hydrogen) atoms. The lowest BCUT2D eigenvalue weighted by Crippen LogP contribution is -2.53. The third-order valence-corrected chi connectivity index (χ3v) is 6.16. The number of fused-ring (bicyclic) bond motifs is 3. The van der Waals surface area contributed by atoms with Gasteiger partial charge in [-0.2, -0.15) is 15.3 Å². The van der Waals surface area contributed by atoms with Crippen LogP contribution in [0, 0.1) is 0 Å². The average molecular weight is 518 g/mol. The second-order valence-corrected chi connectivity index (χ2v) is 8.86. The number of methoxy groups -OCH3 is 1. The van der Waals surface area contributed by atoms with Crippen molar-refractivity contribution in [3.8, 4) is 5.82 Å². The van der Waals surface area contributed by atoms with Crippen molar-refractivity contribution in [2.45, 2.75) is 39.2 Å². The van der Waals surface area contributed by atoms with Gasteiger partial charge in [0.05, 0.1) is 59.5 Å². The maximum absolute atomic E-state index is 13.3. The minimum Gasteiger partial charge on any atom is -0.379 e. The number of rotatable bonds is 3. The Morgan fingerprint density at radius 3 is 2.51 bits per heavy atom. The molecule has 0 saturated heterocycles. The summed E-state index contributed by atoms with van der Waals surface area (Å²) in [4.78, 5) is 24.9. The molecule has 184 valence electrons. The van der Waals surface area contributed by atoms with E-state index in [2.05, 4.69) is 30.6 Å². The topological polar surface area (TPSA) is 115 Å². The number of nitrogens with one attached hydrogen (secondary N) is 1. The number of amides is 2. The molecule has 4 aromatic rings. The van der Waals surface area contributed by atoms with Gasteiger partial charge in [0.25, 0.3) is 0 Å². The highest BCUT2D eigenvalue weighted by Gasteiger charge is 2.44. The monoisotopic (exact) mass is 517 g/mol. The van der Waals surface area contributed by atoms with E-state index < -0.39 is 11.4 Å². The highest BCUT2D eigenvalue weighted by Crippen LogP contribution is 2.41. The summed E-state index contributed by atoms with van der Waals surface area (Å²) in [6.45, 7) is 8.38. The molecule has 13 heteroatoms. The molecule has 0 aromatic carbocycles. The summed E-state index contributed by atoms with van der Waals surface area (Å²) < 4.78 is 7.42. The van der Waals surface area contributed by atoms with E-state index in [0.29, 0.717) is 34.5 Å². The van der Waals surface area contributed by atoms with E-state index in [9.17, 15) is 4.79 Å². The number of hydrogen-bond donors (Lipinski definition) is 1. The van der Waals surface area contributed by atoms with Crippen molar-refractivity contribution in [1.82, 2.24) is 34.6 Å². The summed E-state index contributed by atoms with van der Waals surface area (Å²) in [5.74, 6) is 0.353. The van der Waals surface area contributed by atoms with Gasteiger partial charge in [-0.1, -0.05) is 50.9 Å². The number of ether oxygens (including phenoxy) is 1. The Morgan fingerprint density at radius 1 is 1.14 bits per heavy atom. The standard InChI is InChI=1S/C20H19Cl2N9O2.C2H6/c1-20(2)14(33-3)10-29(13-9-23-16-7-15(22)28-30(16)17(13)20)19(32)27-11-6-12(21)18(24-8-11)31-25-4-5-26-31;1-2/h4-9,14H,10H2,1-3H3,(H,27,32);1-2H3. The summed E-state index contributed by atoms with van der Waals surface area (Å²) in [7, 11) is 1.62. The Balaban J connectivity index is 0.00000141. The van der Waals surface area contributed by atoms with Crippen LogP contribution in [0.5, 0.6) is 0 Å². The van der Waals surface area contributed by atoms with Crippen molar-refractivity contribution in [2.75, 3.05) is 23.9 Å². The number of aromatic nitrogens is 7. The molecule has 0 fully saturated rings. The third kappa shape index (κ3) is 4.42. The zero-order valence-corrected chi connectivity index (χ0v) is 21.4. The van der Waals surface area contributed by atoms with Crippen LogP contribution in [-0.4, -0.2) is 60.4 Å². The van der Waals surface area contributed by atoms with Crippen molar-refractivity contribution in [3.05, 3.63) is 52.8 Å². The Kier molecular flexibility index (Phi) is 6.93. The lowest BCUT2D eigenvalue weighted by atomic mass is 9.78. The van der Waals surface area contributed by atoms with Gasteiger partial charge in [-0.15, -0.1) is 4.80 Å². The van der Waals surface area contributed by atoms with Crippen LogP contribution in [0.25, 0.3) is 11.5 Å². The largest absolute Gasteiger partial charge is 0.379 e. The fourth-order valence-electron chi connectivity index (χ4n) is 4.07. The Morgan fingerprint density at radius 2 is 1.86 bits per heavy atom. The SMILES string of the molecule is CC.COC1CN(C(=O)Nc2cnc(-n3nccn3)c(Cl)c2)c2cnc3cc(Cl)nn3c2C1(C)C. The third-order valence-electron chi connectivity index (χ3n) is 5.70. The lowest BCUT2D eigenvalue weighted by Gasteiger charge is -2.43. The number of hydrogen-bond acceptors (Lipinski definition) is 7. The number of halogens is 2. The predicted molar refractivity (Wildman–Crippen MR) is 134 cm³/mol. The van der Waals surface area contributed by atoms with E-state index in [1.807, 2.05) is 27.7 Å². The second kappa shape index (κ2) is 9.76. The van der Waals surface area contributed by atoms with Crippen LogP contribution in [-0.2, 0) is 10.2 Å². The summed E-state index contributed by atoms with van der Waals surface area (Å²) in [5, 5.41) is 15.9. The van der Waals surface area contributed by atoms with E-state index in [-0.39, 0.29) is 11.1 Å². The van der Waals surface area contributed by atoms with E-state index in [0.717, 1.165) is 5.69 Å². The van der Waals surface area contributed by atoms with Crippen LogP contribution in [0.3, 0.4) is 0 Å². The van der Waals surface area contributed by atoms with Crippen LogP contribution in [0.4, 0.5) is 16.2 Å². The number of anilines is 2. The van der Waals surface area contributed by atoms with E-state index in [1.165, 1.54) is 23.4 Å². The van der Waals surface area contributed by atoms with Gasteiger partial charge in [0.2, 0.25) is 0 Å². The first-order chi connectivity index (χ1) is 16.8. The van der Waals surface area contributed by atoms with Crippen LogP contribution in [0.15, 0.2) is 36.9 Å². The molecule has 0 saturated carbocycles. The smallest absolute Gasteiger partial charge is 0.326 e. The zero-order valence-electron chi connectivity index (χ0n) is 19.9. The first kappa shape index (κ1) is 24.8. The molecule has 2 amide bonds. The molecule has 5 heterocycles. The highest BCUT2D eigenvalue weighted by atomic mass is 35.5. The number of urea groups is 1. The van der Waals surface area contributed by atoms with Gasteiger partial charge in [-0.25, -0.2) is 19.3 Å². The summed E-state index contributed by atoms with van der Waals surface area (Å²) in [6.07, 6.45) is 5.87. The fraction of sp³-hybridized carbons (Fsp3) is 0.364. The first-order valence-corrected chi connectivity index (χ1v) is 11.7. The minimum absolute atomic E-state index is 0.286. The molecule has 1 aliphatic rings. The number of carbonyl (C=O) groups excluding carboxylic acids is 1. The molecule has 0 bridgehead atoms. The fourth-order valence-corrected chi connectivity index (χ4v) is 4.48. The Hall–Kier alpha value is -3.28. The first-order valence-electron chi connectivity index (χ1n) is 11.0. The van der Waals surface area contributed by atoms with Crippen LogP contribution in [0.2, 0.25) is 10.2 Å². The molecule has 0 spiro atoms. The number of carbonyl (C=O) groups is 1. The van der Waals surface area contributed by atoms with E-state index >= 15 is 0 Å². The van der Waals surface area contributed by atoms with Crippen LogP contribution >= 0.6 is 23.2 Å². The normalized spacial score (nSPS) is 16.4. The summed E-state index contributed by atoms with van der Waals surface area (Å²) in [6, 6.07) is 2.86. The molecule has 1 aliphatic heterocycles. The maximum atomic E-state index is 13.3. The maximum Gasteiger partial charge on any atom is 0.326 e. The predicted octanol–water partition coefficient (Wildman–Crippen LogP) is 4.38. The Labute approximate surface area is 212 Å². The van der Waals surface area contributed by atoms with Gasteiger partial charge >= 0.3 is 6.03 Å². The summed E-state index contributed by atoms with van der Waals surface area (Å²) in [5.41, 5.74) is 1.90. The van der Waals surface area contributed by atoms with Crippen molar-refractivity contribution >= 4 is 46.3 Å². The van der Waals surface area contributed by atoms with Crippen molar-refractivity contribution in [2.24, 2.45) is 0 Å². The van der Waals surface area contributed by atoms with E-state index in [1.54, 1.807) is 34.9 Å². The van der Waals surface area contributed by atoms with E-state index in [4.69, 9.17) is 27.9 Å². The molecular formula is C22H25Cl2N9O2. The molecule has 1 atom stereocenters.